The molecule has 0 fully saturated rings. The lowest BCUT2D eigenvalue weighted by molar-refractivity contribution is -0.253. The monoisotopic (exact) mass is 840 g/mol. The third kappa shape index (κ3) is 12.6. The van der Waals surface area contributed by atoms with Crippen LogP contribution < -0.4 is 4.74 Å². The Morgan fingerprint density at radius 1 is 0.600 bits per heavy atom. The second kappa shape index (κ2) is 21.2. The smallest absolute Gasteiger partial charge is 0.410 e. The lowest BCUT2D eigenvalue weighted by Crippen LogP contribution is -2.48. The maximum atomic E-state index is 13.7. The van der Waals surface area contributed by atoms with Gasteiger partial charge in [-0.25, -0.2) is 9.69 Å². The van der Waals surface area contributed by atoms with Crippen LogP contribution in [0, 0.1) is 11.8 Å². The molecule has 60 heavy (non-hydrogen) atoms. The molecule has 2 aromatic rings. The molecule has 17 heteroatoms. The van der Waals surface area contributed by atoms with Gasteiger partial charge in [0.15, 0.2) is 34.7 Å². The van der Waals surface area contributed by atoms with Crippen LogP contribution in [0.25, 0.3) is 0 Å². The van der Waals surface area contributed by atoms with Crippen LogP contribution in [-0.4, -0.2) is 155 Å². The van der Waals surface area contributed by atoms with Gasteiger partial charge in [-0.1, -0.05) is 0 Å². The van der Waals surface area contributed by atoms with Crippen LogP contribution in [0.15, 0.2) is 36.4 Å². The van der Waals surface area contributed by atoms with E-state index in [4.69, 9.17) is 37.9 Å². The van der Waals surface area contributed by atoms with Gasteiger partial charge in [0, 0.05) is 56.7 Å². The van der Waals surface area contributed by atoms with Gasteiger partial charge in [0.25, 0.3) is 0 Å². The van der Waals surface area contributed by atoms with Crippen molar-refractivity contribution < 1.29 is 71.5 Å². The Hall–Kier alpha value is -4.75. The predicted octanol–water partition coefficient (Wildman–Crippen LogP) is 4.22. The highest BCUT2D eigenvalue weighted by Crippen LogP contribution is 2.35. The van der Waals surface area contributed by atoms with Crippen molar-refractivity contribution in [2.75, 3.05) is 87.1 Å². The van der Waals surface area contributed by atoms with Crippen LogP contribution in [0.4, 0.5) is 4.79 Å². The molecule has 0 spiro atoms. The van der Waals surface area contributed by atoms with Gasteiger partial charge in [-0.2, -0.15) is 0 Å². The zero-order valence-electron chi connectivity index (χ0n) is 35.8. The van der Waals surface area contributed by atoms with E-state index in [9.17, 15) is 33.6 Å². The summed E-state index contributed by atoms with van der Waals surface area (Å²) < 4.78 is 44.0. The molecule has 0 aliphatic heterocycles. The maximum Gasteiger partial charge on any atom is 0.410 e. The second-order valence-corrected chi connectivity index (χ2v) is 16.1. The third-order valence-corrected chi connectivity index (χ3v) is 9.18. The quantitative estimate of drug-likeness (QED) is 0.0875. The standard InChI is InChI=1S/C43H56N2O15/c1-42(2,3)59-40(52)44(14-16-56-20-18-53-7)24-32(46)34-36(48)28-12-10-26(22-30(28)38(34)50)58-27-11-13-29-31(23-27)39(51)35(37(29)49)33(47)25-45(15-17-57-21-19-54-8)41(55-9)60-43(4,5)6/h10-13,22-23,34-35,41H,14-21,24-25H2,1-9H3. The first kappa shape index (κ1) is 47.9. The number of nitrogens with zero attached hydrogens (tertiary/aromatic N) is 2. The molecule has 0 N–H and O–H groups in total. The van der Waals surface area contributed by atoms with Gasteiger partial charge in [-0.05, 0) is 77.9 Å². The van der Waals surface area contributed by atoms with Crippen LogP contribution in [0.2, 0.25) is 0 Å². The van der Waals surface area contributed by atoms with E-state index in [0.717, 1.165) is 4.90 Å². The number of hydrogen-bond acceptors (Lipinski definition) is 16. The molecule has 0 heterocycles. The SMILES string of the molecule is COCCOCCN(CC(=O)C1C(=O)c2ccc(Oc3ccc4c(c3)C(=O)C(C(=O)CN(CCOCCOC)C(OC)OC(C)(C)C)C4=O)cc2C1=O)C(=O)OC(C)(C)C. The topological polar surface area (TPSA) is 200 Å². The molecule has 1 amide bonds. The van der Waals surface area contributed by atoms with Gasteiger partial charge in [0.1, 0.15) is 28.9 Å². The summed E-state index contributed by atoms with van der Waals surface area (Å²) in [7, 11) is 4.48. The Balaban J connectivity index is 1.47. The van der Waals surface area contributed by atoms with Crippen molar-refractivity contribution in [3.63, 3.8) is 0 Å². The van der Waals surface area contributed by atoms with Crippen LogP contribution in [-0.2, 0) is 42.7 Å². The number of carbonyl (C=O) groups is 7. The number of ether oxygens (including phenoxy) is 8. The Bertz CT molecular complexity index is 1910. The minimum atomic E-state index is -1.69. The molecule has 328 valence electrons. The number of ketones is 6. The second-order valence-electron chi connectivity index (χ2n) is 16.1. The van der Waals surface area contributed by atoms with Gasteiger partial charge < -0.3 is 37.9 Å². The summed E-state index contributed by atoms with van der Waals surface area (Å²) >= 11 is 0. The number of carbonyl (C=O) groups excluding carboxylic acids is 7. The van der Waals surface area contributed by atoms with Crippen LogP contribution in [0.5, 0.6) is 11.5 Å². The van der Waals surface area contributed by atoms with Crippen molar-refractivity contribution in [3.05, 3.63) is 58.7 Å². The largest absolute Gasteiger partial charge is 0.457 e. The summed E-state index contributed by atoms with van der Waals surface area (Å²) in [5, 5.41) is 0. The molecular formula is C43H56N2O15. The molecule has 2 aromatic carbocycles. The molecule has 0 radical (unpaired) electrons. The van der Waals surface area contributed by atoms with Crippen LogP contribution >= 0.6 is 0 Å². The molecule has 0 saturated heterocycles. The fraction of sp³-hybridized carbons (Fsp3) is 0.558. The molecule has 3 unspecified atom stereocenters. The Kier molecular flexibility index (Phi) is 16.9. The number of methoxy groups -OCH3 is 3. The first-order valence-corrected chi connectivity index (χ1v) is 19.5. The van der Waals surface area contributed by atoms with Gasteiger partial charge in [-0.15, -0.1) is 0 Å². The van der Waals surface area contributed by atoms with E-state index < -0.39 is 76.8 Å². The summed E-state index contributed by atoms with van der Waals surface area (Å²) in [5.74, 6) is -7.38. The molecular weight excluding hydrogens is 784 g/mol. The van der Waals surface area contributed by atoms with Crippen molar-refractivity contribution in [3.8, 4) is 11.5 Å². The summed E-state index contributed by atoms with van der Waals surface area (Å²) in [4.78, 5) is 97.0. The lowest BCUT2D eigenvalue weighted by atomic mass is 9.98. The molecule has 4 rings (SSSR count). The van der Waals surface area contributed by atoms with Crippen LogP contribution in [0.1, 0.15) is 83.0 Å². The van der Waals surface area contributed by atoms with Gasteiger partial charge in [0.2, 0.25) is 6.41 Å². The zero-order valence-corrected chi connectivity index (χ0v) is 35.8. The van der Waals surface area contributed by atoms with E-state index in [2.05, 4.69) is 0 Å². The highest BCUT2D eigenvalue weighted by Gasteiger charge is 2.46. The molecule has 2 aliphatic carbocycles. The van der Waals surface area contributed by atoms with Gasteiger partial charge in [0.05, 0.1) is 58.3 Å². The van der Waals surface area contributed by atoms with Gasteiger partial charge >= 0.3 is 6.09 Å². The van der Waals surface area contributed by atoms with Crippen LogP contribution in [0.3, 0.4) is 0 Å². The maximum absolute atomic E-state index is 13.7. The average molecular weight is 841 g/mol. The summed E-state index contributed by atoms with van der Waals surface area (Å²) in [5.41, 5.74) is -1.55. The van der Waals surface area contributed by atoms with Crippen molar-refractivity contribution in [2.45, 2.75) is 59.2 Å². The molecule has 0 bridgehead atoms. The number of amides is 1. The average Bonchev–Trinajstić information content (AvgIpc) is 3.57. The number of rotatable bonds is 23. The van der Waals surface area contributed by atoms with E-state index in [1.807, 2.05) is 20.8 Å². The third-order valence-electron chi connectivity index (χ3n) is 9.18. The van der Waals surface area contributed by atoms with E-state index in [0.29, 0.717) is 19.8 Å². The Morgan fingerprint density at radius 2 is 1.07 bits per heavy atom. The van der Waals surface area contributed by atoms with Crippen molar-refractivity contribution >= 4 is 40.8 Å². The normalized spacial score (nSPS) is 16.9. The predicted molar refractivity (Wildman–Crippen MR) is 214 cm³/mol. The molecule has 2 aliphatic rings. The van der Waals surface area contributed by atoms with E-state index in [1.54, 1.807) is 32.8 Å². The van der Waals surface area contributed by atoms with E-state index in [-0.39, 0.29) is 73.2 Å². The first-order valence-electron chi connectivity index (χ1n) is 19.5. The fourth-order valence-corrected chi connectivity index (χ4v) is 6.40. The van der Waals surface area contributed by atoms with Crippen molar-refractivity contribution in [2.24, 2.45) is 11.8 Å². The van der Waals surface area contributed by atoms with Crippen molar-refractivity contribution in [1.82, 2.24) is 9.80 Å². The van der Waals surface area contributed by atoms with Crippen molar-refractivity contribution in [1.29, 1.82) is 0 Å². The van der Waals surface area contributed by atoms with E-state index in [1.165, 1.54) is 50.6 Å². The summed E-state index contributed by atoms with van der Waals surface area (Å²) in [6, 6.07) is 8.25. The number of hydrogen-bond donors (Lipinski definition) is 0. The molecule has 0 saturated carbocycles. The van der Waals surface area contributed by atoms with Gasteiger partial charge in [-0.3, -0.25) is 33.7 Å². The fourth-order valence-electron chi connectivity index (χ4n) is 6.40. The van der Waals surface area contributed by atoms with E-state index >= 15 is 0 Å². The highest BCUT2D eigenvalue weighted by molar-refractivity contribution is 6.36. The first-order chi connectivity index (χ1) is 28.3. The highest BCUT2D eigenvalue weighted by atomic mass is 16.7. The number of benzene rings is 2. The molecule has 0 aromatic heterocycles. The minimum absolute atomic E-state index is 0.00712. The lowest BCUT2D eigenvalue weighted by Gasteiger charge is -2.34. The zero-order chi connectivity index (χ0) is 44.4. The molecule has 17 nitrogen and oxygen atoms in total. The minimum Gasteiger partial charge on any atom is -0.457 e. The Morgan fingerprint density at radius 3 is 1.52 bits per heavy atom. The number of Topliss-reactive ketones (excluding diaryl/α,β-unsaturated/α-hetero) is 6. The summed E-state index contributed by atoms with van der Waals surface area (Å²) in [6.45, 7) is 11.2. The Labute approximate surface area is 349 Å². The number of fused-ring (bicyclic) bond motifs is 2. The molecule has 3 atom stereocenters. The summed E-state index contributed by atoms with van der Waals surface area (Å²) in [6.07, 6.45) is -1.80.